The summed E-state index contributed by atoms with van der Waals surface area (Å²) in [4.78, 5) is 12.9. The monoisotopic (exact) mass is 290 g/mol. The Morgan fingerprint density at radius 1 is 1.44 bits per heavy atom. The topological polar surface area (TPSA) is 46.3 Å². The van der Waals surface area contributed by atoms with E-state index in [1.807, 2.05) is 0 Å². The Bertz CT molecular complexity index is 453. The van der Waals surface area contributed by atoms with Crippen LogP contribution in [0.3, 0.4) is 0 Å². The lowest BCUT2D eigenvalue weighted by atomic mass is 10.2. The molecular weight excluding hydrogens is 282 g/mol. The lowest BCUT2D eigenvalue weighted by Gasteiger charge is -2.18. The molecule has 0 bridgehead atoms. The molecular formula is C10H9BrF2N2O. The highest BCUT2D eigenvalue weighted by atomic mass is 79.9. The summed E-state index contributed by atoms with van der Waals surface area (Å²) in [6.45, 7) is 0.322. The van der Waals surface area contributed by atoms with Crippen LogP contribution < -0.4 is 10.6 Å². The van der Waals surface area contributed by atoms with Crippen molar-refractivity contribution in [1.29, 1.82) is 0 Å². The third-order valence-corrected chi connectivity index (χ3v) is 3.21. The normalized spacial score (nSPS) is 20.6. The van der Waals surface area contributed by atoms with Crippen LogP contribution in [0.4, 0.5) is 14.5 Å². The van der Waals surface area contributed by atoms with Crippen LogP contribution in [0.1, 0.15) is 6.42 Å². The van der Waals surface area contributed by atoms with Gasteiger partial charge in [0.1, 0.15) is 0 Å². The maximum Gasteiger partial charge on any atom is 0.228 e. The Morgan fingerprint density at radius 2 is 2.12 bits per heavy atom. The average molecular weight is 291 g/mol. The minimum atomic E-state index is -0.995. The van der Waals surface area contributed by atoms with E-state index in [-0.39, 0.29) is 22.8 Å². The van der Waals surface area contributed by atoms with Crippen molar-refractivity contribution in [2.24, 2.45) is 5.73 Å². The fourth-order valence-corrected chi connectivity index (χ4v) is 2.23. The predicted octanol–water partition coefficient (Wildman–Crippen LogP) is 1.79. The number of amides is 1. The standard InChI is InChI=1S/C10H9BrF2N2O/c11-9-7(2-1-6(12)10(9)13)15-4-5(14)3-8(15)16/h1-2,5H,3-4,14H2. The first kappa shape index (κ1) is 11.5. The second-order valence-electron chi connectivity index (χ2n) is 3.66. The molecule has 86 valence electrons. The van der Waals surface area contributed by atoms with E-state index < -0.39 is 11.6 Å². The Kier molecular flexibility index (Phi) is 2.94. The van der Waals surface area contributed by atoms with Crippen molar-refractivity contribution in [2.45, 2.75) is 12.5 Å². The van der Waals surface area contributed by atoms with Crippen LogP contribution in [0.25, 0.3) is 0 Å². The molecule has 1 aliphatic rings. The van der Waals surface area contributed by atoms with Gasteiger partial charge in [0.25, 0.3) is 0 Å². The maximum absolute atomic E-state index is 13.3. The number of anilines is 1. The molecule has 0 aliphatic carbocycles. The number of halogens is 3. The number of hydrogen-bond donors (Lipinski definition) is 1. The SMILES string of the molecule is NC1CC(=O)N(c2ccc(F)c(F)c2Br)C1. The molecule has 0 radical (unpaired) electrons. The largest absolute Gasteiger partial charge is 0.326 e. The number of nitrogens with zero attached hydrogens (tertiary/aromatic N) is 1. The molecule has 1 aliphatic heterocycles. The van der Waals surface area contributed by atoms with E-state index in [1.165, 1.54) is 11.0 Å². The van der Waals surface area contributed by atoms with Crippen molar-refractivity contribution < 1.29 is 13.6 Å². The number of carbonyl (C=O) groups is 1. The zero-order chi connectivity index (χ0) is 11.9. The van der Waals surface area contributed by atoms with Crippen LogP contribution in [-0.2, 0) is 4.79 Å². The summed E-state index contributed by atoms with van der Waals surface area (Å²) in [6, 6.07) is 2.10. The van der Waals surface area contributed by atoms with Gasteiger partial charge in [-0.25, -0.2) is 8.78 Å². The predicted molar refractivity (Wildman–Crippen MR) is 59.0 cm³/mol. The molecule has 1 heterocycles. The van der Waals surface area contributed by atoms with Crippen LogP contribution >= 0.6 is 15.9 Å². The van der Waals surface area contributed by atoms with Crippen molar-refractivity contribution in [2.75, 3.05) is 11.4 Å². The highest BCUT2D eigenvalue weighted by Crippen LogP contribution is 2.32. The Labute approximate surface area is 99.3 Å². The first-order valence-corrected chi connectivity index (χ1v) is 5.49. The van der Waals surface area contributed by atoms with Gasteiger partial charge in [0, 0.05) is 19.0 Å². The van der Waals surface area contributed by atoms with Gasteiger partial charge in [-0.15, -0.1) is 0 Å². The van der Waals surface area contributed by atoms with Crippen LogP contribution in [0.15, 0.2) is 16.6 Å². The molecule has 2 rings (SSSR count). The van der Waals surface area contributed by atoms with Gasteiger partial charge in [0.2, 0.25) is 5.91 Å². The van der Waals surface area contributed by atoms with E-state index in [0.717, 1.165) is 6.07 Å². The lowest BCUT2D eigenvalue weighted by Crippen LogP contribution is -2.28. The number of carbonyl (C=O) groups excluding carboxylic acids is 1. The molecule has 1 unspecified atom stereocenters. The second-order valence-corrected chi connectivity index (χ2v) is 4.46. The summed E-state index contributed by atoms with van der Waals surface area (Å²) in [5.74, 6) is -2.13. The van der Waals surface area contributed by atoms with E-state index >= 15 is 0 Å². The summed E-state index contributed by atoms with van der Waals surface area (Å²) >= 11 is 2.94. The third-order valence-electron chi connectivity index (χ3n) is 2.46. The minimum absolute atomic E-state index is 0.0463. The third kappa shape index (κ3) is 1.82. The summed E-state index contributed by atoms with van der Waals surface area (Å²) < 4.78 is 26.1. The molecule has 1 atom stereocenters. The Hall–Kier alpha value is -1.01. The fraction of sp³-hybridized carbons (Fsp3) is 0.300. The van der Waals surface area contributed by atoms with Gasteiger partial charge < -0.3 is 10.6 Å². The average Bonchev–Trinajstić information content (AvgIpc) is 2.55. The summed E-state index contributed by atoms with van der Waals surface area (Å²) in [6.07, 6.45) is 0.228. The highest BCUT2D eigenvalue weighted by molar-refractivity contribution is 9.10. The molecule has 0 aromatic heterocycles. The molecule has 6 heteroatoms. The second kappa shape index (κ2) is 4.10. The molecule has 16 heavy (non-hydrogen) atoms. The van der Waals surface area contributed by atoms with Gasteiger partial charge in [-0.2, -0.15) is 0 Å². The molecule has 0 saturated carbocycles. The molecule has 2 N–H and O–H groups in total. The zero-order valence-corrected chi connectivity index (χ0v) is 9.80. The van der Waals surface area contributed by atoms with Gasteiger partial charge in [-0.3, -0.25) is 4.79 Å². The van der Waals surface area contributed by atoms with E-state index in [9.17, 15) is 13.6 Å². The van der Waals surface area contributed by atoms with Gasteiger partial charge in [0.05, 0.1) is 10.2 Å². The van der Waals surface area contributed by atoms with Gasteiger partial charge >= 0.3 is 0 Å². The summed E-state index contributed by atoms with van der Waals surface area (Å²) in [5, 5.41) is 0. The number of nitrogens with two attached hydrogens (primary N) is 1. The first-order chi connectivity index (χ1) is 7.50. The Balaban J connectivity index is 2.42. The fourth-order valence-electron chi connectivity index (χ4n) is 1.69. The molecule has 3 nitrogen and oxygen atoms in total. The van der Waals surface area contributed by atoms with Gasteiger partial charge in [-0.1, -0.05) is 0 Å². The van der Waals surface area contributed by atoms with Crippen molar-refractivity contribution >= 4 is 27.5 Å². The maximum atomic E-state index is 13.3. The molecule has 1 amide bonds. The van der Waals surface area contributed by atoms with E-state index in [0.29, 0.717) is 12.2 Å². The highest BCUT2D eigenvalue weighted by Gasteiger charge is 2.30. The molecule has 1 fully saturated rings. The summed E-state index contributed by atoms with van der Waals surface area (Å²) in [7, 11) is 0. The molecule has 1 saturated heterocycles. The van der Waals surface area contributed by atoms with Gasteiger partial charge in [0.15, 0.2) is 11.6 Å². The minimum Gasteiger partial charge on any atom is -0.326 e. The molecule has 0 spiro atoms. The lowest BCUT2D eigenvalue weighted by molar-refractivity contribution is -0.117. The van der Waals surface area contributed by atoms with Crippen LogP contribution in [-0.4, -0.2) is 18.5 Å². The number of rotatable bonds is 1. The number of hydrogen-bond acceptors (Lipinski definition) is 2. The Morgan fingerprint density at radius 3 is 2.69 bits per heavy atom. The quantitative estimate of drug-likeness (QED) is 0.802. The van der Waals surface area contributed by atoms with E-state index in [2.05, 4.69) is 15.9 Å². The first-order valence-electron chi connectivity index (χ1n) is 4.70. The molecule has 1 aromatic rings. The van der Waals surface area contributed by atoms with Crippen molar-refractivity contribution in [3.05, 3.63) is 28.2 Å². The van der Waals surface area contributed by atoms with Crippen molar-refractivity contribution in [3.63, 3.8) is 0 Å². The van der Waals surface area contributed by atoms with Crippen LogP contribution in [0, 0.1) is 11.6 Å². The van der Waals surface area contributed by atoms with E-state index in [4.69, 9.17) is 5.73 Å². The molecule has 1 aromatic carbocycles. The smallest absolute Gasteiger partial charge is 0.228 e. The van der Waals surface area contributed by atoms with Crippen LogP contribution in [0.2, 0.25) is 0 Å². The van der Waals surface area contributed by atoms with Crippen LogP contribution in [0.5, 0.6) is 0 Å². The van der Waals surface area contributed by atoms with Crippen molar-refractivity contribution in [1.82, 2.24) is 0 Å². The summed E-state index contributed by atoms with van der Waals surface area (Å²) in [5.41, 5.74) is 5.94. The van der Waals surface area contributed by atoms with Gasteiger partial charge in [-0.05, 0) is 28.1 Å². The number of benzene rings is 1. The van der Waals surface area contributed by atoms with Crippen molar-refractivity contribution in [3.8, 4) is 0 Å². The zero-order valence-electron chi connectivity index (χ0n) is 8.21. The van der Waals surface area contributed by atoms with E-state index in [1.54, 1.807) is 0 Å².